The third-order valence-electron chi connectivity index (χ3n) is 4.51. The van der Waals surface area contributed by atoms with Gasteiger partial charge in [-0.3, -0.25) is 0 Å². The summed E-state index contributed by atoms with van der Waals surface area (Å²) in [6, 6.07) is 4.57. The molecular formula is C17H25ClN2O4S. The van der Waals surface area contributed by atoms with Gasteiger partial charge < -0.3 is 14.8 Å². The van der Waals surface area contributed by atoms with Crippen LogP contribution < -0.4 is 14.8 Å². The summed E-state index contributed by atoms with van der Waals surface area (Å²) >= 11 is 6.03. The quantitative estimate of drug-likeness (QED) is 0.782. The summed E-state index contributed by atoms with van der Waals surface area (Å²) in [5, 5.41) is 3.57. The average molecular weight is 389 g/mol. The Labute approximate surface area is 154 Å². The molecule has 0 saturated carbocycles. The number of halogens is 1. The zero-order valence-electron chi connectivity index (χ0n) is 14.2. The molecule has 6 nitrogen and oxygen atoms in total. The molecule has 1 aromatic rings. The third-order valence-corrected chi connectivity index (χ3v) is 6.29. The molecule has 3 rings (SSSR count). The number of rotatable bonds is 6. The van der Waals surface area contributed by atoms with Crippen molar-refractivity contribution in [2.24, 2.45) is 0 Å². The van der Waals surface area contributed by atoms with Gasteiger partial charge in [0.25, 0.3) is 0 Å². The van der Waals surface area contributed by atoms with E-state index in [4.69, 9.17) is 21.1 Å². The van der Waals surface area contributed by atoms with Crippen molar-refractivity contribution >= 4 is 21.6 Å². The monoisotopic (exact) mass is 388 g/mol. The summed E-state index contributed by atoms with van der Waals surface area (Å²) in [6.07, 6.45) is 4.88. The van der Waals surface area contributed by atoms with Crippen LogP contribution in [0, 0.1) is 0 Å². The van der Waals surface area contributed by atoms with E-state index in [0.717, 1.165) is 45.3 Å². The molecule has 2 fully saturated rings. The van der Waals surface area contributed by atoms with Gasteiger partial charge in [-0.15, -0.1) is 0 Å². The molecule has 2 atom stereocenters. The molecule has 0 bridgehead atoms. The lowest BCUT2D eigenvalue weighted by Gasteiger charge is -2.25. The van der Waals surface area contributed by atoms with Gasteiger partial charge in [-0.1, -0.05) is 11.6 Å². The minimum atomic E-state index is -3.71. The zero-order valence-corrected chi connectivity index (χ0v) is 15.7. The normalized spacial score (nSPS) is 24.8. The van der Waals surface area contributed by atoms with E-state index in [0.29, 0.717) is 23.9 Å². The first-order valence-corrected chi connectivity index (χ1v) is 10.7. The molecule has 140 valence electrons. The van der Waals surface area contributed by atoms with Crippen molar-refractivity contribution in [1.82, 2.24) is 10.0 Å². The van der Waals surface area contributed by atoms with Gasteiger partial charge in [0.2, 0.25) is 10.0 Å². The van der Waals surface area contributed by atoms with Gasteiger partial charge in [0.1, 0.15) is 17.3 Å². The maximum atomic E-state index is 12.8. The van der Waals surface area contributed by atoms with Crippen molar-refractivity contribution in [2.75, 3.05) is 26.3 Å². The Balaban J connectivity index is 1.72. The van der Waals surface area contributed by atoms with Crippen LogP contribution in [-0.2, 0) is 14.8 Å². The summed E-state index contributed by atoms with van der Waals surface area (Å²) in [5.41, 5.74) is 0. The van der Waals surface area contributed by atoms with E-state index in [2.05, 4.69) is 10.0 Å². The maximum absolute atomic E-state index is 12.8. The first-order chi connectivity index (χ1) is 12.0. The Morgan fingerprint density at radius 1 is 1.28 bits per heavy atom. The van der Waals surface area contributed by atoms with Crippen LogP contribution in [0.3, 0.4) is 0 Å². The van der Waals surface area contributed by atoms with Crippen molar-refractivity contribution in [3.8, 4) is 5.75 Å². The lowest BCUT2D eigenvalue weighted by Crippen LogP contribution is -2.45. The van der Waals surface area contributed by atoms with Crippen molar-refractivity contribution in [1.29, 1.82) is 0 Å². The third kappa shape index (κ3) is 5.31. The number of ether oxygens (including phenoxy) is 2. The molecule has 2 aliphatic heterocycles. The Morgan fingerprint density at radius 3 is 2.88 bits per heavy atom. The molecule has 8 heteroatoms. The molecule has 0 spiro atoms. The average Bonchev–Trinajstić information content (AvgIpc) is 2.62. The lowest BCUT2D eigenvalue weighted by molar-refractivity contribution is -0.0116. The van der Waals surface area contributed by atoms with E-state index < -0.39 is 10.0 Å². The Bertz CT molecular complexity index is 671. The number of sulfonamides is 1. The molecule has 0 radical (unpaired) electrons. The highest BCUT2D eigenvalue weighted by atomic mass is 35.5. The summed E-state index contributed by atoms with van der Waals surface area (Å²) in [7, 11) is -3.71. The second-order valence-corrected chi connectivity index (χ2v) is 8.67. The van der Waals surface area contributed by atoms with Gasteiger partial charge in [-0.25, -0.2) is 13.1 Å². The van der Waals surface area contributed by atoms with Gasteiger partial charge >= 0.3 is 0 Å². The van der Waals surface area contributed by atoms with Crippen LogP contribution in [0.15, 0.2) is 23.1 Å². The van der Waals surface area contributed by atoms with Crippen molar-refractivity contribution in [2.45, 2.75) is 49.1 Å². The Morgan fingerprint density at radius 2 is 2.16 bits per heavy atom. The Hall–Kier alpha value is -0.860. The number of nitrogens with one attached hydrogen (secondary N) is 2. The second kappa shape index (κ2) is 8.68. The van der Waals surface area contributed by atoms with Crippen LogP contribution in [0.2, 0.25) is 5.02 Å². The zero-order chi connectivity index (χ0) is 17.7. The van der Waals surface area contributed by atoms with E-state index in [1.807, 2.05) is 0 Å². The number of hydrogen-bond donors (Lipinski definition) is 2. The van der Waals surface area contributed by atoms with Gasteiger partial charge in [-0.05, 0) is 56.8 Å². The highest BCUT2D eigenvalue weighted by molar-refractivity contribution is 7.89. The molecule has 1 aromatic carbocycles. The SMILES string of the molecule is O=S(=O)(NC1CCCNC1)c1cc(Cl)ccc1OCC1CCCCO1. The van der Waals surface area contributed by atoms with Gasteiger partial charge in [0.15, 0.2) is 0 Å². The van der Waals surface area contributed by atoms with Crippen molar-refractivity contribution in [3.05, 3.63) is 23.2 Å². The van der Waals surface area contributed by atoms with E-state index in [9.17, 15) is 8.42 Å². The fourth-order valence-electron chi connectivity index (χ4n) is 3.17. The van der Waals surface area contributed by atoms with E-state index in [1.54, 1.807) is 12.1 Å². The second-order valence-electron chi connectivity index (χ2n) is 6.56. The summed E-state index contributed by atoms with van der Waals surface area (Å²) < 4.78 is 39.8. The summed E-state index contributed by atoms with van der Waals surface area (Å²) in [4.78, 5) is 0.0846. The molecular weight excluding hydrogens is 364 g/mol. The lowest BCUT2D eigenvalue weighted by atomic mass is 10.1. The molecule has 2 N–H and O–H groups in total. The minimum absolute atomic E-state index is 0.00971. The minimum Gasteiger partial charge on any atom is -0.489 e. The van der Waals surface area contributed by atoms with E-state index in [1.165, 1.54) is 6.07 Å². The fraction of sp³-hybridized carbons (Fsp3) is 0.647. The predicted octanol–water partition coefficient (Wildman–Crippen LogP) is 2.32. The summed E-state index contributed by atoms with van der Waals surface area (Å²) in [6.45, 7) is 2.63. The molecule has 0 aromatic heterocycles. The number of benzene rings is 1. The van der Waals surface area contributed by atoms with E-state index >= 15 is 0 Å². The highest BCUT2D eigenvalue weighted by Gasteiger charge is 2.26. The van der Waals surface area contributed by atoms with Crippen LogP contribution in [0.1, 0.15) is 32.1 Å². The fourth-order valence-corrected chi connectivity index (χ4v) is 4.85. The van der Waals surface area contributed by atoms with Crippen LogP contribution in [0.5, 0.6) is 5.75 Å². The molecule has 2 aliphatic rings. The van der Waals surface area contributed by atoms with Crippen molar-refractivity contribution in [3.63, 3.8) is 0 Å². The van der Waals surface area contributed by atoms with Crippen LogP contribution >= 0.6 is 11.6 Å². The molecule has 0 aliphatic carbocycles. The maximum Gasteiger partial charge on any atom is 0.244 e. The predicted molar refractivity (Wildman–Crippen MR) is 96.8 cm³/mol. The van der Waals surface area contributed by atoms with Crippen molar-refractivity contribution < 1.29 is 17.9 Å². The first-order valence-electron chi connectivity index (χ1n) is 8.81. The number of piperidine rings is 1. The summed E-state index contributed by atoms with van der Waals surface area (Å²) in [5.74, 6) is 0.315. The first kappa shape index (κ1) is 18.9. The standard InChI is InChI=1S/C17H25ClN2O4S/c18-13-6-7-16(24-12-15-5-1-2-9-23-15)17(10-13)25(21,22)20-14-4-3-8-19-11-14/h6-7,10,14-15,19-20H,1-5,8-9,11-12H2. The van der Waals surface area contributed by atoms with Gasteiger partial charge in [0.05, 0.1) is 6.10 Å². The number of hydrogen-bond acceptors (Lipinski definition) is 5. The van der Waals surface area contributed by atoms with Gasteiger partial charge in [-0.2, -0.15) is 0 Å². The molecule has 2 saturated heterocycles. The van der Waals surface area contributed by atoms with Crippen LogP contribution in [0.25, 0.3) is 0 Å². The van der Waals surface area contributed by atoms with Crippen LogP contribution in [0.4, 0.5) is 0 Å². The molecule has 2 heterocycles. The van der Waals surface area contributed by atoms with Gasteiger partial charge in [0, 0.05) is 24.2 Å². The molecule has 25 heavy (non-hydrogen) atoms. The highest BCUT2D eigenvalue weighted by Crippen LogP contribution is 2.28. The largest absolute Gasteiger partial charge is 0.489 e. The molecule has 0 amide bonds. The topological polar surface area (TPSA) is 76.7 Å². The van der Waals surface area contributed by atoms with E-state index in [-0.39, 0.29) is 17.0 Å². The van der Waals surface area contributed by atoms with Crippen LogP contribution in [-0.4, -0.2) is 46.9 Å². The Kier molecular flexibility index (Phi) is 6.57. The molecule has 2 unspecified atom stereocenters. The smallest absolute Gasteiger partial charge is 0.244 e.